The van der Waals surface area contributed by atoms with Gasteiger partial charge in [-0.2, -0.15) is 10.2 Å². The molecule has 1 unspecified atom stereocenters. The largest absolute Gasteiger partial charge is 0.511 e. The molecule has 48 heavy (non-hydrogen) atoms. The zero-order valence-electron chi connectivity index (χ0n) is 26.6. The van der Waals surface area contributed by atoms with E-state index in [-0.39, 0.29) is 18.6 Å². The van der Waals surface area contributed by atoms with Gasteiger partial charge in [0.05, 0.1) is 36.4 Å². The lowest BCUT2D eigenvalue weighted by Crippen LogP contribution is -2.34. The minimum Gasteiger partial charge on any atom is -0.465 e. The van der Waals surface area contributed by atoms with Crippen LogP contribution < -0.4 is 4.74 Å². The van der Waals surface area contributed by atoms with Crippen LogP contribution in [-0.2, 0) is 25.6 Å². The molecule has 0 spiro atoms. The second-order valence-electron chi connectivity index (χ2n) is 11.0. The maximum Gasteiger partial charge on any atom is 0.511 e. The van der Waals surface area contributed by atoms with Gasteiger partial charge in [-0.25, -0.2) is 9.59 Å². The molecule has 1 N–H and O–H groups in total. The number of carbonyl (C=O) groups is 2. The molecule has 3 aromatic carbocycles. The number of aromatic amines is 1. The highest BCUT2D eigenvalue weighted by Crippen LogP contribution is 2.31. The average Bonchev–Trinajstić information content (AvgIpc) is 3.69. The molecule has 0 radical (unpaired) electrons. The van der Waals surface area contributed by atoms with E-state index in [9.17, 15) is 19.7 Å². The third-order valence-corrected chi connectivity index (χ3v) is 7.02. The molecule has 250 valence electrons. The van der Waals surface area contributed by atoms with Crippen molar-refractivity contribution in [3.05, 3.63) is 88.0 Å². The third-order valence-electron chi connectivity index (χ3n) is 7.02. The van der Waals surface area contributed by atoms with Gasteiger partial charge in [0.1, 0.15) is 6.10 Å². The number of carbonyl (C=O) groups excluding carboxylic acids is 2. The minimum atomic E-state index is -1.72. The number of benzene rings is 3. The van der Waals surface area contributed by atoms with Crippen molar-refractivity contribution < 1.29 is 38.5 Å². The van der Waals surface area contributed by atoms with Gasteiger partial charge in [0.15, 0.2) is 0 Å². The van der Waals surface area contributed by atoms with Gasteiger partial charge in [-0.3, -0.25) is 4.57 Å². The van der Waals surface area contributed by atoms with Crippen LogP contribution >= 0.6 is 0 Å². The second-order valence-corrected chi connectivity index (χ2v) is 11.0. The summed E-state index contributed by atoms with van der Waals surface area (Å²) >= 11 is 0. The maximum absolute atomic E-state index is 13.5. The van der Waals surface area contributed by atoms with Gasteiger partial charge in [0.2, 0.25) is 5.82 Å². The summed E-state index contributed by atoms with van der Waals surface area (Å²) in [7, 11) is 0. The summed E-state index contributed by atoms with van der Waals surface area (Å²) in [5.41, 5.74) is 4.77. The van der Waals surface area contributed by atoms with E-state index in [0.717, 1.165) is 22.3 Å². The van der Waals surface area contributed by atoms with E-state index in [0.29, 0.717) is 36.0 Å². The van der Waals surface area contributed by atoms with Crippen LogP contribution in [0.25, 0.3) is 33.5 Å². The monoisotopic (exact) mass is 659 g/mol. The van der Waals surface area contributed by atoms with Crippen LogP contribution in [0, 0.1) is 10.1 Å². The van der Waals surface area contributed by atoms with Crippen LogP contribution in [0.2, 0.25) is 0 Å². The Morgan fingerprint density at radius 3 is 2.46 bits per heavy atom. The van der Waals surface area contributed by atoms with E-state index >= 15 is 0 Å². The Balaban J connectivity index is 1.34. The molecule has 0 saturated heterocycles. The number of imidazole rings is 1. The van der Waals surface area contributed by atoms with E-state index in [1.165, 1.54) is 20.8 Å². The molecule has 2 aromatic heterocycles. The van der Waals surface area contributed by atoms with Gasteiger partial charge in [-0.05, 0) is 47.9 Å². The highest BCUT2D eigenvalue weighted by atomic mass is 17.0. The molecule has 16 heteroatoms. The molecule has 16 nitrogen and oxygen atoms in total. The van der Waals surface area contributed by atoms with Crippen molar-refractivity contribution >= 4 is 23.2 Å². The fourth-order valence-electron chi connectivity index (χ4n) is 4.93. The van der Waals surface area contributed by atoms with Gasteiger partial charge in [0, 0.05) is 25.8 Å². The predicted molar refractivity (Wildman–Crippen MR) is 169 cm³/mol. The number of H-pyrrole nitrogens is 1. The Morgan fingerprint density at radius 1 is 1.02 bits per heavy atom. The number of tetrazole rings is 1. The summed E-state index contributed by atoms with van der Waals surface area (Å²) in [6.45, 7) is 6.51. The van der Waals surface area contributed by atoms with Crippen LogP contribution in [0.4, 0.5) is 4.79 Å². The van der Waals surface area contributed by atoms with Crippen LogP contribution in [0.1, 0.15) is 50.0 Å². The number of hydrogen-bond acceptors (Lipinski definition) is 13. The molecule has 5 rings (SSSR count). The van der Waals surface area contributed by atoms with Crippen LogP contribution in [0.3, 0.4) is 0 Å². The Kier molecular flexibility index (Phi) is 10.1. The first-order chi connectivity index (χ1) is 23.0. The second kappa shape index (κ2) is 14.6. The van der Waals surface area contributed by atoms with E-state index in [1.54, 1.807) is 22.8 Å². The van der Waals surface area contributed by atoms with Gasteiger partial charge < -0.3 is 23.8 Å². The molecule has 0 aliphatic rings. The van der Waals surface area contributed by atoms with Gasteiger partial charge in [-0.15, -0.1) is 20.3 Å². The fraction of sp³-hybridized carbons (Fsp3) is 0.312. The molecule has 1 atom stereocenters. The molecule has 0 aliphatic carbocycles. The van der Waals surface area contributed by atoms with Crippen LogP contribution in [-0.4, -0.2) is 72.5 Å². The maximum atomic E-state index is 13.5. The summed E-state index contributed by atoms with van der Waals surface area (Å²) < 4.78 is 23.4. The molecule has 0 fully saturated rings. The SMILES string of the molecule is CCOc1nc2cccc(C(=O)OC(C)(C)OC(=O)OCCC(C)O[N+](=O)[O-])c2n1Cc1ccc(-c2ccccc2-c2nn[nH]n2)cc1. The summed E-state index contributed by atoms with van der Waals surface area (Å²) in [6, 6.07) is 21.0. The number of fused-ring (bicyclic) bond motifs is 1. The van der Waals surface area contributed by atoms with Crippen LogP contribution in [0.15, 0.2) is 66.7 Å². The number of nitrogens with one attached hydrogen (secondary N) is 1. The van der Waals surface area contributed by atoms with Crippen molar-refractivity contribution in [2.24, 2.45) is 0 Å². The molecule has 2 heterocycles. The smallest absolute Gasteiger partial charge is 0.465 e. The summed E-state index contributed by atoms with van der Waals surface area (Å²) in [4.78, 5) is 45.2. The van der Waals surface area contributed by atoms with Crippen molar-refractivity contribution in [3.8, 4) is 28.5 Å². The third kappa shape index (κ3) is 8.01. The molecule has 5 aromatic rings. The Labute approximate surface area is 274 Å². The van der Waals surface area contributed by atoms with Crippen molar-refractivity contribution in [1.29, 1.82) is 0 Å². The lowest BCUT2D eigenvalue weighted by Gasteiger charge is -2.24. The summed E-state index contributed by atoms with van der Waals surface area (Å²) in [5, 5.41) is 23.9. The van der Waals surface area contributed by atoms with Crippen LogP contribution in [0.5, 0.6) is 6.01 Å². The van der Waals surface area contributed by atoms with Gasteiger partial charge in [-0.1, -0.05) is 54.6 Å². The zero-order valence-corrected chi connectivity index (χ0v) is 26.6. The quantitative estimate of drug-likeness (QED) is 0.0693. The first-order valence-electron chi connectivity index (χ1n) is 15.0. The van der Waals surface area contributed by atoms with Gasteiger partial charge >= 0.3 is 12.1 Å². The molecular formula is C32H33N7O9. The lowest BCUT2D eigenvalue weighted by atomic mass is 9.98. The summed E-state index contributed by atoms with van der Waals surface area (Å²) in [5.74, 6) is -2.01. The molecule has 0 bridgehead atoms. The van der Waals surface area contributed by atoms with E-state index < -0.39 is 29.1 Å². The predicted octanol–water partition coefficient (Wildman–Crippen LogP) is 5.36. The highest BCUT2D eigenvalue weighted by molar-refractivity contribution is 6.02. The zero-order chi connectivity index (χ0) is 34.3. The Morgan fingerprint density at radius 2 is 1.77 bits per heavy atom. The first kappa shape index (κ1) is 33.3. The standard InChI is InChI=1S/C32H33N7O9/c1-5-44-30-33-26-12-8-11-25(29(40)46-32(3,4)47-31(41)45-18-17-20(2)48-39(42)43)27(26)38(30)19-21-13-15-22(16-14-21)23-9-6-7-10-24(23)28-34-36-37-35-28/h6-16,20H,5,17-19H2,1-4H3,(H,34,35,36,37). The number of para-hydroxylation sites is 1. The number of ether oxygens (including phenoxy) is 4. The number of hydrogen-bond donors (Lipinski definition) is 1. The normalized spacial score (nSPS) is 11.9. The number of rotatable bonds is 14. The average molecular weight is 660 g/mol. The highest BCUT2D eigenvalue weighted by Gasteiger charge is 2.31. The van der Waals surface area contributed by atoms with Crippen molar-refractivity contribution in [3.63, 3.8) is 0 Å². The molecule has 0 amide bonds. The summed E-state index contributed by atoms with van der Waals surface area (Å²) in [6.07, 6.45) is -1.85. The number of aromatic nitrogens is 6. The van der Waals surface area contributed by atoms with Crippen molar-refractivity contribution in [2.75, 3.05) is 13.2 Å². The Hall–Kier alpha value is -6.06. The van der Waals surface area contributed by atoms with E-state index in [2.05, 4.69) is 30.4 Å². The van der Waals surface area contributed by atoms with E-state index in [1.807, 2.05) is 55.5 Å². The van der Waals surface area contributed by atoms with Crippen molar-refractivity contribution in [1.82, 2.24) is 30.2 Å². The van der Waals surface area contributed by atoms with E-state index in [4.69, 9.17) is 18.9 Å². The topological polar surface area (TPSA) is 196 Å². The molecular weight excluding hydrogens is 626 g/mol. The fourth-order valence-corrected chi connectivity index (χ4v) is 4.93. The molecule has 0 saturated carbocycles. The number of esters is 1. The van der Waals surface area contributed by atoms with Gasteiger partial charge in [0.25, 0.3) is 16.9 Å². The Bertz CT molecular complexity index is 1890. The van der Waals surface area contributed by atoms with Crippen molar-refractivity contribution in [2.45, 2.75) is 52.6 Å². The minimum absolute atomic E-state index is 0.0563. The first-order valence-corrected chi connectivity index (χ1v) is 15.0. The number of nitrogens with zero attached hydrogens (tertiary/aromatic N) is 6. The molecule has 0 aliphatic heterocycles. The lowest BCUT2D eigenvalue weighted by molar-refractivity contribution is -0.767.